The number of anilines is 1. The number of amides is 4. The summed E-state index contributed by atoms with van der Waals surface area (Å²) in [6, 6.07) is 0.109. The second-order valence-corrected chi connectivity index (χ2v) is 9.12. The highest BCUT2D eigenvalue weighted by Gasteiger charge is 2.30. The van der Waals surface area contributed by atoms with Crippen LogP contribution in [0.1, 0.15) is 31.4 Å². The lowest BCUT2D eigenvalue weighted by Gasteiger charge is -2.33. The van der Waals surface area contributed by atoms with Gasteiger partial charge in [0.25, 0.3) is 0 Å². The van der Waals surface area contributed by atoms with Crippen molar-refractivity contribution in [1.29, 1.82) is 0 Å². The molecule has 3 rings (SSSR count). The molecule has 1 aromatic heterocycles. The maximum Gasteiger partial charge on any atom is 0.319 e. The monoisotopic (exact) mass is 411 g/mol. The third kappa shape index (κ3) is 5.13. The summed E-state index contributed by atoms with van der Waals surface area (Å²) < 4.78 is 0.884. The van der Waals surface area contributed by atoms with E-state index in [0.29, 0.717) is 31.1 Å². The number of thiazole rings is 1. The van der Waals surface area contributed by atoms with E-state index in [2.05, 4.69) is 10.3 Å². The first-order valence-electron chi connectivity index (χ1n) is 9.17. The maximum absolute atomic E-state index is 12.5. The molecule has 3 N–H and O–H groups in total. The minimum atomic E-state index is -0.381. The first-order valence-corrected chi connectivity index (χ1v) is 11.0. The predicted octanol–water partition coefficient (Wildman–Crippen LogP) is 1.90. The van der Waals surface area contributed by atoms with E-state index in [-0.39, 0.29) is 29.5 Å². The summed E-state index contributed by atoms with van der Waals surface area (Å²) in [5, 5.41) is 3.43. The van der Waals surface area contributed by atoms with Gasteiger partial charge in [-0.3, -0.25) is 9.59 Å². The molecule has 0 aromatic carbocycles. The number of primary amides is 1. The van der Waals surface area contributed by atoms with Gasteiger partial charge in [-0.15, -0.1) is 11.8 Å². The minimum Gasteiger partial charge on any atom is -0.369 e. The van der Waals surface area contributed by atoms with E-state index >= 15 is 0 Å². The van der Waals surface area contributed by atoms with E-state index in [1.54, 1.807) is 0 Å². The van der Waals surface area contributed by atoms with E-state index in [1.807, 2.05) is 16.7 Å². The molecule has 8 nitrogen and oxygen atoms in total. The number of carbonyl (C=O) groups is 3. The van der Waals surface area contributed by atoms with Crippen LogP contribution in [0.25, 0.3) is 0 Å². The van der Waals surface area contributed by atoms with Gasteiger partial charge in [-0.2, -0.15) is 0 Å². The van der Waals surface area contributed by atoms with E-state index in [9.17, 15) is 14.4 Å². The molecule has 0 bridgehead atoms. The molecule has 2 saturated heterocycles. The van der Waals surface area contributed by atoms with Gasteiger partial charge >= 0.3 is 6.03 Å². The van der Waals surface area contributed by atoms with Crippen LogP contribution in [-0.2, 0) is 9.59 Å². The quantitative estimate of drug-likeness (QED) is 0.719. The number of hydrogen-bond donors (Lipinski definition) is 2. The summed E-state index contributed by atoms with van der Waals surface area (Å²) in [5.74, 6) is -0.351. The van der Waals surface area contributed by atoms with Crippen molar-refractivity contribution in [2.24, 2.45) is 11.7 Å². The number of aromatic nitrogens is 1. The third-order valence-corrected chi connectivity index (χ3v) is 7.30. The zero-order chi connectivity index (χ0) is 19.4. The third-order valence-electron chi connectivity index (χ3n) is 4.84. The molecule has 0 radical (unpaired) electrons. The maximum atomic E-state index is 12.5. The fourth-order valence-corrected chi connectivity index (χ4v) is 5.24. The first kappa shape index (κ1) is 19.9. The van der Waals surface area contributed by atoms with Gasteiger partial charge < -0.3 is 20.9 Å². The SMILES string of the molecule is Cc1nc(NC(=O)C2CCN(C(=O)N3CCCC3)CC2)sc1SCC(N)=O. The number of nitrogens with zero attached hydrogens (tertiary/aromatic N) is 3. The Morgan fingerprint density at radius 3 is 2.44 bits per heavy atom. The summed E-state index contributed by atoms with van der Waals surface area (Å²) in [7, 11) is 0. The lowest BCUT2D eigenvalue weighted by atomic mass is 9.96. The van der Waals surface area contributed by atoms with E-state index in [1.165, 1.54) is 23.1 Å². The van der Waals surface area contributed by atoms with Gasteiger partial charge in [0, 0.05) is 32.1 Å². The number of urea groups is 1. The highest BCUT2D eigenvalue weighted by atomic mass is 32.2. The number of piperidine rings is 1. The van der Waals surface area contributed by atoms with Gasteiger partial charge in [-0.25, -0.2) is 9.78 Å². The van der Waals surface area contributed by atoms with Crippen LogP contribution in [0.3, 0.4) is 0 Å². The molecule has 0 saturated carbocycles. The summed E-state index contributed by atoms with van der Waals surface area (Å²) >= 11 is 2.69. The smallest absolute Gasteiger partial charge is 0.319 e. The molecular formula is C17H25N5O3S2. The molecule has 3 heterocycles. The molecule has 1 aromatic rings. The van der Waals surface area contributed by atoms with Gasteiger partial charge in [-0.05, 0) is 32.6 Å². The van der Waals surface area contributed by atoms with E-state index in [4.69, 9.17) is 5.73 Å². The fraction of sp³-hybridized carbons (Fsp3) is 0.647. The zero-order valence-electron chi connectivity index (χ0n) is 15.4. The van der Waals surface area contributed by atoms with Crippen molar-refractivity contribution in [3.8, 4) is 0 Å². The van der Waals surface area contributed by atoms with E-state index in [0.717, 1.165) is 35.8 Å². The van der Waals surface area contributed by atoms with Crippen molar-refractivity contribution in [3.05, 3.63) is 5.69 Å². The topological polar surface area (TPSA) is 109 Å². The first-order chi connectivity index (χ1) is 12.9. The number of nitrogens with one attached hydrogen (secondary N) is 1. The number of carbonyl (C=O) groups excluding carboxylic acids is 3. The van der Waals surface area contributed by atoms with Crippen LogP contribution < -0.4 is 11.1 Å². The molecule has 0 aliphatic carbocycles. The minimum absolute atomic E-state index is 0.0523. The molecule has 10 heteroatoms. The van der Waals surface area contributed by atoms with Gasteiger partial charge in [0.15, 0.2) is 5.13 Å². The van der Waals surface area contributed by atoms with Gasteiger partial charge in [0.1, 0.15) is 0 Å². The Labute approximate surface area is 166 Å². The Kier molecular flexibility index (Phi) is 6.59. The Hall–Kier alpha value is -1.81. The van der Waals surface area contributed by atoms with Crippen molar-refractivity contribution in [1.82, 2.24) is 14.8 Å². The Morgan fingerprint density at radius 2 is 1.81 bits per heavy atom. The lowest BCUT2D eigenvalue weighted by Crippen LogP contribution is -2.47. The average Bonchev–Trinajstić information content (AvgIpc) is 3.29. The molecule has 27 heavy (non-hydrogen) atoms. The van der Waals surface area contributed by atoms with Gasteiger partial charge in [-0.1, -0.05) is 11.3 Å². The van der Waals surface area contributed by atoms with E-state index < -0.39 is 0 Å². The summed E-state index contributed by atoms with van der Waals surface area (Å²) in [6.45, 7) is 4.77. The molecule has 148 valence electrons. The van der Waals surface area contributed by atoms with Gasteiger partial charge in [0.2, 0.25) is 11.8 Å². The highest BCUT2D eigenvalue weighted by molar-refractivity contribution is 8.01. The number of rotatable bonds is 5. The van der Waals surface area contributed by atoms with Crippen LogP contribution in [0.5, 0.6) is 0 Å². The molecule has 2 aliphatic rings. The Morgan fingerprint density at radius 1 is 1.19 bits per heavy atom. The fourth-order valence-electron chi connectivity index (χ4n) is 3.36. The van der Waals surface area contributed by atoms with Crippen LogP contribution in [0.4, 0.5) is 9.93 Å². The Balaban J connectivity index is 1.49. The molecule has 2 fully saturated rings. The number of likely N-dealkylation sites (tertiary alicyclic amines) is 2. The Bertz CT molecular complexity index is 709. The van der Waals surface area contributed by atoms with Crippen LogP contribution in [0, 0.1) is 12.8 Å². The second kappa shape index (κ2) is 8.92. The summed E-state index contributed by atoms with van der Waals surface area (Å²) in [6.07, 6.45) is 3.49. The largest absolute Gasteiger partial charge is 0.369 e. The normalized spacial score (nSPS) is 18.0. The van der Waals surface area contributed by atoms with Crippen LogP contribution in [0.15, 0.2) is 4.21 Å². The number of hydrogen-bond acceptors (Lipinski definition) is 6. The van der Waals surface area contributed by atoms with Crippen LogP contribution >= 0.6 is 23.1 Å². The molecule has 0 spiro atoms. The van der Waals surface area contributed by atoms with Crippen molar-refractivity contribution < 1.29 is 14.4 Å². The molecule has 0 atom stereocenters. The number of thioether (sulfide) groups is 1. The average molecular weight is 412 g/mol. The molecule has 2 aliphatic heterocycles. The molecule has 0 unspecified atom stereocenters. The predicted molar refractivity (Wildman–Crippen MR) is 106 cm³/mol. The number of aryl methyl sites for hydroxylation is 1. The highest BCUT2D eigenvalue weighted by Crippen LogP contribution is 2.32. The van der Waals surface area contributed by atoms with Crippen LogP contribution in [0.2, 0.25) is 0 Å². The van der Waals surface area contributed by atoms with Crippen molar-refractivity contribution in [2.75, 3.05) is 37.2 Å². The zero-order valence-corrected chi connectivity index (χ0v) is 17.0. The standard InChI is InChI=1S/C17H25N5O3S2/c1-11-15(26-10-13(18)23)27-16(19-11)20-14(24)12-4-8-22(9-5-12)17(25)21-6-2-3-7-21/h12H,2-10H2,1H3,(H2,18,23)(H,19,20,24). The molecular weight excluding hydrogens is 386 g/mol. The molecule has 4 amide bonds. The van der Waals surface area contributed by atoms with Crippen LogP contribution in [-0.4, -0.2) is 64.6 Å². The summed E-state index contributed by atoms with van der Waals surface area (Å²) in [4.78, 5) is 44.0. The number of nitrogens with two attached hydrogens (primary N) is 1. The van der Waals surface area contributed by atoms with Gasteiger partial charge in [0.05, 0.1) is 15.7 Å². The lowest BCUT2D eigenvalue weighted by molar-refractivity contribution is -0.121. The van der Waals surface area contributed by atoms with Crippen molar-refractivity contribution >= 4 is 46.1 Å². The second-order valence-electron chi connectivity index (χ2n) is 6.87. The van der Waals surface area contributed by atoms with Crippen molar-refractivity contribution in [2.45, 2.75) is 36.8 Å². The van der Waals surface area contributed by atoms with Crippen molar-refractivity contribution in [3.63, 3.8) is 0 Å². The summed E-state index contributed by atoms with van der Waals surface area (Å²) in [5.41, 5.74) is 5.96.